The molecule has 0 saturated heterocycles. The zero-order chi connectivity index (χ0) is 14.1. The molecule has 0 aliphatic carbocycles. The summed E-state index contributed by atoms with van der Waals surface area (Å²) in [5, 5.41) is 4.01. The molecule has 0 aliphatic rings. The lowest BCUT2D eigenvalue weighted by Crippen LogP contribution is -2.26. The molecule has 9 heteroatoms. The number of alkyl halides is 2. The maximum atomic E-state index is 12.4. The van der Waals surface area contributed by atoms with Gasteiger partial charge in [-0.05, 0) is 12.1 Å². The van der Waals surface area contributed by atoms with Gasteiger partial charge in [0, 0.05) is 14.1 Å². The highest BCUT2D eigenvalue weighted by Gasteiger charge is 2.24. The van der Waals surface area contributed by atoms with Crippen LogP contribution in [0.1, 0.15) is 22.5 Å². The molecular weight excluding hydrogens is 268 g/mol. The number of aromatic nitrogens is 1. The predicted molar refractivity (Wildman–Crippen MR) is 58.6 cm³/mol. The van der Waals surface area contributed by atoms with Crippen molar-refractivity contribution in [1.82, 2.24) is 9.88 Å². The molecule has 0 radical (unpaired) electrons. The van der Waals surface area contributed by atoms with Crippen LogP contribution in [0.4, 0.5) is 8.78 Å². The summed E-state index contributed by atoms with van der Waals surface area (Å²) in [6.07, 6.45) is -2.95. The molecule has 0 aliphatic heterocycles. The number of pyridine rings is 1. The summed E-state index contributed by atoms with van der Waals surface area (Å²) in [4.78, 5) is 16.0. The molecule has 0 bridgehead atoms. The highest BCUT2D eigenvalue weighted by atomic mass is 32.2. The third kappa shape index (κ3) is 2.99. The summed E-state index contributed by atoms with van der Waals surface area (Å²) in [6, 6.07) is 1.85. The SMILES string of the molecule is CN(C)C(=O)c1ccc(C(F)F)nc1S(N)(=O)=O. The van der Waals surface area contributed by atoms with Crippen LogP contribution in [0.5, 0.6) is 0 Å². The number of sulfonamides is 1. The lowest BCUT2D eigenvalue weighted by Gasteiger charge is -2.13. The van der Waals surface area contributed by atoms with Gasteiger partial charge in [0.05, 0.1) is 5.56 Å². The predicted octanol–water partition coefficient (Wildman–Crippen LogP) is 0.368. The fourth-order valence-electron chi connectivity index (χ4n) is 1.20. The molecule has 1 amide bonds. The highest BCUT2D eigenvalue weighted by molar-refractivity contribution is 7.89. The van der Waals surface area contributed by atoms with Crippen LogP contribution in [0, 0.1) is 0 Å². The second-order valence-corrected chi connectivity index (χ2v) is 5.11. The van der Waals surface area contributed by atoms with Crippen LogP contribution in [0.15, 0.2) is 17.2 Å². The van der Waals surface area contributed by atoms with E-state index in [1.165, 1.54) is 14.1 Å². The number of carbonyl (C=O) groups excluding carboxylic acids is 1. The topological polar surface area (TPSA) is 93.4 Å². The minimum Gasteiger partial charge on any atom is -0.345 e. The zero-order valence-corrected chi connectivity index (χ0v) is 10.4. The average molecular weight is 279 g/mol. The van der Waals surface area contributed by atoms with E-state index in [4.69, 9.17) is 5.14 Å². The Morgan fingerprint density at radius 1 is 1.39 bits per heavy atom. The molecule has 0 fully saturated rings. The Hall–Kier alpha value is -1.61. The van der Waals surface area contributed by atoms with Gasteiger partial charge >= 0.3 is 0 Å². The van der Waals surface area contributed by atoms with Crippen molar-refractivity contribution in [3.05, 3.63) is 23.4 Å². The Morgan fingerprint density at radius 3 is 2.33 bits per heavy atom. The summed E-state index contributed by atoms with van der Waals surface area (Å²) in [5.74, 6) is -0.688. The van der Waals surface area contributed by atoms with E-state index in [1.807, 2.05) is 0 Å². The van der Waals surface area contributed by atoms with Crippen molar-refractivity contribution in [2.45, 2.75) is 11.5 Å². The fourth-order valence-corrected chi connectivity index (χ4v) is 1.89. The van der Waals surface area contributed by atoms with Crippen LogP contribution >= 0.6 is 0 Å². The molecule has 18 heavy (non-hydrogen) atoms. The molecule has 0 spiro atoms. The Morgan fingerprint density at radius 2 is 1.94 bits per heavy atom. The minimum atomic E-state index is -4.36. The summed E-state index contributed by atoms with van der Waals surface area (Å²) >= 11 is 0. The molecule has 0 unspecified atom stereocenters. The smallest absolute Gasteiger partial charge is 0.280 e. The quantitative estimate of drug-likeness (QED) is 0.865. The van der Waals surface area contributed by atoms with Gasteiger partial charge in [-0.25, -0.2) is 27.3 Å². The van der Waals surface area contributed by atoms with Gasteiger partial charge in [-0.2, -0.15) is 0 Å². The van der Waals surface area contributed by atoms with Crippen LogP contribution in [-0.4, -0.2) is 38.3 Å². The monoisotopic (exact) mass is 279 g/mol. The van der Waals surface area contributed by atoms with Crippen molar-refractivity contribution in [1.29, 1.82) is 0 Å². The first-order valence-corrected chi connectivity index (χ1v) is 6.22. The summed E-state index contributed by atoms with van der Waals surface area (Å²) in [7, 11) is -1.59. The largest absolute Gasteiger partial charge is 0.345 e. The van der Waals surface area contributed by atoms with E-state index in [0.29, 0.717) is 0 Å². The lowest BCUT2D eigenvalue weighted by molar-refractivity contribution is 0.0822. The Bertz CT molecular complexity index is 572. The van der Waals surface area contributed by atoms with Gasteiger partial charge in [-0.1, -0.05) is 0 Å². The third-order valence-corrected chi connectivity index (χ3v) is 2.86. The van der Waals surface area contributed by atoms with Crippen molar-refractivity contribution in [2.75, 3.05) is 14.1 Å². The van der Waals surface area contributed by atoms with E-state index in [9.17, 15) is 22.0 Å². The Balaban J connectivity index is 3.50. The van der Waals surface area contributed by atoms with Gasteiger partial charge in [-0.3, -0.25) is 4.79 Å². The van der Waals surface area contributed by atoms with Gasteiger partial charge in [-0.15, -0.1) is 0 Å². The van der Waals surface area contributed by atoms with Crippen LogP contribution in [0.25, 0.3) is 0 Å². The molecule has 1 aromatic rings. The molecule has 6 nitrogen and oxygen atoms in total. The fraction of sp³-hybridized carbons (Fsp3) is 0.333. The second kappa shape index (κ2) is 4.94. The number of rotatable bonds is 3. The number of hydrogen-bond acceptors (Lipinski definition) is 4. The number of hydrogen-bond donors (Lipinski definition) is 1. The molecular formula is C9H11F2N3O3S. The van der Waals surface area contributed by atoms with Crippen LogP contribution < -0.4 is 5.14 Å². The number of primary sulfonamides is 1. The minimum absolute atomic E-state index is 0.341. The van der Waals surface area contributed by atoms with Crippen molar-refractivity contribution >= 4 is 15.9 Å². The van der Waals surface area contributed by atoms with Gasteiger partial charge in [0.1, 0.15) is 5.69 Å². The Kier molecular flexibility index (Phi) is 3.97. The second-order valence-electron chi connectivity index (χ2n) is 3.63. The molecule has 1 rings (SSSR count). The first kappa shape index (κ1) is 14.5. The maximum absolute atomic E-state index is 12.4. The first-order chi connectivity index (χ1) is 8.14. The van der Waals surface area contributed by atoms with E-state index >= 15 is 0 Å². The van der Waals surface area contributed by atoms with Gasteiger partial charge in [0.15, 0.2) is 5.03 Å². The molecule has 0 atom stereocenters. The molecule has 2 N–H and O–H groups in total. The van der Waals surface area contributed by atoms with Gasteiger partial charge < -0.3 is 4.90 Å². The summed E-state index contributed by atoms with van der Waals surface area (Å²) < 4.78 is 47.4. The lowest BCUT2D eigenvalue weighted by atomic mass is 10.2. The molecule has 1 heterocycles. The van der Waals surface area contributed by atoms with Crippen molar-refractivity contribution < 1.29 is 22.0 Å². The van der Waals surface area contributed by atoms with Gasteiger partial charge in [0.2, 0.25) is 0 Å². The van der Waals surface area contributed by atoms with Crippen molar-refractivity contribution in [2.24, 2.45) is 5.14 Å². The molecule has 0 aromatic carbocycles. The van der Waals surface area contributed by atoms with E-state index in [-0.39, 0.29) is 5.56 Å². The number of nitrogens with zero attached hydrogens (tertiary/aromatic N) is 2. The normalized spacial score (nSPS) is 11.7. The number of halogens is 2. The van der Waals surface area contributed by atoms with Gasteiger partial charge in [0.25, 0.3) is 22.4 Å². The van der Waals surface area contributed by atoms with E-state index in [2.05, 4.69) is 4.98 Å². The van der Waals surface area contributed by atoms with Crippen molar-refractivity contribution in [3.63, 3.8) is 0 Å². The summed E-state index contributed by atoms with van der Waals surface area (Å²) in [5.41, 5.74) is -1.10. The number of amides is 1. The standard InChI is InChI=1S/C9H11F2N3O3S/c1-14(2)9(15)5-3-4-6(7(10)11)13-8(5)18(12,16)17/h3-4,7H,1-2H3,(H2,12,16,17). The first-order valence-electron chi connectivity index (χ1n) is 4.68. The van der Waals surface area contributed by atoms with Crippen LogP contribution in [0.3, 0.4) is 0 Å². The number of nitrogens with two attached hydrogens (primary N) is 1. The van der Waals surface area contributed by atoms with Crippen molar-refractivity contribution in [3.8, 4) is 0 Å². The molecule has 0 saturated carbocycles. The number of carbonyl (C=O) groups is 1. The average Bonchev–Trinajstić information content (AvgIpc) is 2.25. The summed E-state index contributed by atoms with van der Waals surface area (Å²) in [6.45, 7) is 0. The highest BCUT2D eigenvalue weighted by Crippen LogP contribution is 2.21. The maximum Gasteiger partial charge on any atom is 0.280 e. The van der Waals surface area contributed by atoms with Crippen LogP contribution in [-0.2, 0) is 10.0 Å². The molecule has 100 valence electrons. The van der Waals surface area contributed by atoms with E-state index in [1.54, 1.807) is 0 Å². The van der Waals surface area contributed by atoms with E-state index in [0.717, 1.165) is 17.0 Å². The van der Waals surface area contributed by atoms with Crippen LogP contribution in [0.2, 0.25) is 0 Å². The van der Waals surface area contributed by atoms with E-state index < -0.39 is 33.1 Å². The Labute approximate surface area is 102 Å². The third-order valence-electron chi connectivity index (χ3n) is 2.01. The molecule has 1 aromatic heterocycles. The zero-order valence-electron chi connectivity index (χ0n) is 9.59.